The first-order valence-corrected chi connectivity index (χ1v) is 30.9. The molecule has 87 heavy (non-hydrogen) atoms. The van der Waals surface area contributed by atoms with Gasteiger partial charge in [-0.1, -0.05) is 19.3 Å². The Balaban J connectivity index is 1.58. The Kier molecular flexibility index (Phi) is 37.7. The van der Waals surface area contributed by atoms with Gasteiger partial charge >= 0.3 is 7.82 Å². The monoisotopic (exact) mass is 1240 g/mol. The number of methoxy groups -OCH3 is 3. The Labute approximate surface area is 510 Å². The fourth-order valence-electron chi connectivity index (χ4n) is 8.12. The predicted molar refractivity (Wildman–Crippen MR) is 323 cm³/mol. The zero-order valence-corrected chi connectivity index (χ0v) is 51.7. The molecule has 0 aliphatic heterocycles. The minimum Gasteiger partial charge on any atom is -0.497 e. The number of carbonyl (C=O) groups is 8. The second kappa shape index (κ2) is 44.3. The summed E-state index contributed by atoms with van der Waals surface area (Å²) in [6, 6.07) is 20.0. The number of unbranched alkanes of at least 4 members (excludes halogenated alkanes) is 5. The van der Waals surface area contributed by atoms with Gasteiger partial charge in [0.05, 0.1) is 67.6 Å². The molecular formula is C60H91N8O18P. The molecule has 0 heterocycles. The van der Waals surface area contributed by atoms with E-state index in [2.05, 4.69) is 47.1 Å². The van der Waals surface area contributed by atoms with Crippen molar-refractivity contribution in [3.05, 3.63) is 89.5 Å². The Morgan fingerprint density at radius 2 is 0.690 bits per heavy atom. The number of hydrogen-bond donors (Lipinski definition) is 9. The van der Waals surface area contributed by atoms with Crippen LogP contribution in [0.25, 0.3) is 0 Å². The van der Waals surface area contributed by atoms with Crippen LogP contribution < -0.4 is 56.7 Å². The van der Waals surface area contributed by atoms with E-state index in [0.717, 1.165) is 26.4 Å². The second-order valence-electron chi connectivity index (χ2n) is 20.1. The molecule has 484 valence electrons. The smallest absolute Gasteiger partial charge is 0.471 e. The summed E-state index contributed by atoms with van der Waals surface area (Å²) < 4.78 is 54.2. The number of ether oxygens (including phenoxy) is 6. The van der Waals surface area contributed by atoms with Crippen molar-refractivity contribution in [2.24, 2.45) is 0 Å². The molecular weight excluding hydrogens is 1150 g/mol. The molecule has 0 aromatic heterocycles. The van der Waals surface area contributed by atoms with Crippen molar-refractivity contribution in [1.29, 1.82) is 0 Å². The molecule has 3 aromatic carbocycles. The first-order chi connectivity index (χ1) is 42.0. The first-order valence-electron chi connectivity index (χ1n) is 29.4. The van der Waals surface area contributed by atoms with Gasteiger partial charge in [-0.25, -0.2) is 4.57 Å². The van der Waals surface area contributed by atoms with E-state index in [0.29, 0.717) is 105 Å². The Bertz CT molecular complexity index is 2350. The average molecular weight is 1240 g/mol. The van der Waals surface area contributed by atoms with Gasteiger partial charge in [-0.05, 0) is 118 Å². The molecule has 0 aliphatic carbocycles. The number of benzene rings is 3. The van der Waals surface area contributed by atoms with Crippen molar-refractivity contribution in [1.82, 2.24) is 42.5 Å². The number of amides is 8. The molecule has 27 heteroatoms. The molecule has 8 amide bonds. The molecule has 0 saturated carbocycles. The zero-order chi connectivity index (χ0) is 63.4. The largest absolute Gasteiger partial charge is 0.497 e. The van der Waals surface area contributed by atoms with E-state index in [1.165, 1.54) is 21.3 Å². The molecule has 3 rings (SSSR count). The van der Waals surface area contributed by atoms with E-state index < -0.39 is 13.4 Å². The fraction of sp³-hybridized carbons (Fsp3) is 0.567. The maximum absolute atomic E-state index is 13.8. The van der Waals surface area contributed by atoms with Crippen LogP contribution in [0.4, 0.5) is 0 Å². The first kappa shape index (κ1) is 74.1. The van der Waals surface area contributed by atoms with Gasteiger partial charge < -0.3 is 75.8 Å². The van der Waals surface area contributed by atoms with Crippen LogP contribution in [0.5, 0.6) is 17.2 Å². The van der Waals surface area contributed by atoms with Gasteiger partial charge in [-0.15, -0.1) is 0 Å². The molecule has 3 aromatic rings. The lowest BCUT2D eigenvalue weighted by Gasteiger charge is -2.34. The highest BCUT2D eigenvalue weighted by atomic mass is 31.2. The summed E-state index contributed by atoms with van der Waals surface area (Å²) >= 11 is 0. The van der Waals surface area contributed by atoms with Gasteiger partial charge in [0.25, 0.3) is 17.7 Å². The summed E-state index contributed by atoms with van der Waals surface area (Å²) in [7, 11) is 1.71. The van der Waals surface area contributed by atoms with Crippen LogP contribution in [0.2, 0.25) is 0 Å². The van der Waals surface area contributed by atoms with E-state index in [1.54, 1.807) is 72.8 Å². The molecule has 26 nitrogen and oxygen atoms in total. The van der Waals surface area contributed by atoms with E-state index >= 15 is 0 Å². The van der Waals surface area contributed by atoms with Crippen molar-refractivity contribution >= 4 is 55.1 Å². The summed E-state index contributed by atoms with van der Waals surface area (Å²) in [4.78, 5) is 112. The number of hydrogen-bond acceptors (Lipinski definition) is 17. The Morgan fingerprint density at radius 3 is 1.05 bits per heavy atom. The van der Waals surface area contributed by atoms with E-state index in [1.807, 2.05) is 0 Å². The maximum atomic E-state index is 13.8. The molecule has 9 N–H and O–H groups in total. The maximum Gasteiger partial charge on any atom is 0.471 e. The van der Waals surface area contributed by atoms with Crippen LogP contribution in [-0.4, -0.2) is 178 Å². The van der Waals surface area contributed by atoms with Gasteiger partial charge in [0, 0.05) is 102 Å². The average Bonchev–Trinajstić information content (AvgIpc) is 3.71. The Hall–Kier alpha value is -7.19. The highest BCUT2D eigenvalue weighted by Gasteiger charge is 2.34. The second-order valence-corrected chi connectivity index (χ2v) is 21.7. The highest BCUT2D eigenvalue weighted by Crippen LogP contribution is 2.42. The summed E-state index contributed by atoms with van der Waals surface area (Å²) in [6.07, 6.45) is 5.91. The lowest BCUT2D eigenvalue weighted by atomic mass is 10.0. The highest BCUT2D eigenvalue weighted by molar-refractivity contribution is 7.47. The van der Waals surface area contributed by atoms with Crippen molar-refractivity contribution in [2.45, 2.75) is 102 Å². The van der Waals surface area contributed by atoms with Gasteiger partial charge in [-0.3, -0.25) is 47.4 Å². The Morgan fingerprint density at radius 1 is 0.379 bits per heavy atom. The molecule has 0 saturated heterocycles. The lowest BCUT2D eigenvalue weighted by Crippen LogP contribution is -2.58. The van der Waals surface area contributed by atoms with Gasteiger partial charge in [0.1, 0.15) is 22.8 Å². The van der Waals surface area contributed by atoms with Crippen LogP contribution >= 0.6 is 7.82 Å². The number of carbonyl (C=O) groups excluding carboxylic acids is 8. The molecule has 0 aliphatic rings. The van der Waals surface area contributed by atoms with Crippen molar-refractivity contribution in [3.8, 4) is 17.2 Å². The minimum absolute atomic E-state index is 0.0463. The van der Waals surface area contributed by atoms with E-state index in [-0.39, 0.29) is 145 Å². The summed E-state index contributed by atoms with van der Waals surface area (Å²) in [5.74, 6) is -0.349. The summed E-state index contributed by atoms with van der Waals surface area (Å²) in [5.41, 5.74) is 0.0361. The third-order valence-electron chi connectivity index (χ3n) is 13.1. The number of phosphoric ester groups is 1. The third-order valence-corrected chi connectivity index (χ3v) is 14.1. The van der Waals surface area contributed by atoms with Gasteiger partial charge in [0.2, 0.25) is 29.5 Å². The number of rotatable bonds is 49. The predicted octanol–water partition coefficient (Wildman–Crippen LogP) is 4.29. The zero-order valence-electron chi connectivity index (χ0n) is 50.8. The third kappa shape index (κ3) is 34.1. The standard InChI is InChI=1S/C60H91N8O18P/c1-79-49-23-17-46(18-24-49)57(74)65-36-12-33-62-53(70)29-40-83-43-60(44-84-41-30-54(71)63-34-13-37-66-58(75)47-19-25-50(80-2)26-20-47,45-85-42-31-55(72)64-35-14-38-67-59(76)48-21-27-51(81-3)28-22-48)68-56(73)16-9-7-8-15-52(69)61-32-10-5-6-11-39-86-87(77,78)82-4/h17-28H,5-16,29-45H2,1-4H3,(H,61,69)(H,62,70)(H,63,71)(H,64,72)(H,65,74)(H,66,75)(H,67,76)(H,68,73)(H,77,78). The molecule has 0 bridgehead atoms. The number of nitrogens with one attached hydrogen (secondary N) is 8. The topological polar surface area (TPSA) is 344 Å². The lowest BCUT2D eigenvalue weighted by molar-refractivity contribution is -0.130. The van der Waals surface area contributed by atoms with Crippen LogP contribution in [0, 0.1) is 0 Å². The van der Waals surface area contributed by atoms with E-state index in [4.69, 9.17) is 32.9 Å². The molecule has 0 spiro atoms. The van der Waals surface area contributed by atoms with Gasteiger partial charge in [0.15, 0.2) is 0 Å². The van der Waals surface area contributed by atoms with Crippen molar-refractivity contribution in [3.63, 3.8) is 0 Å². The normalized spacial score (nSPS) is 11.7. The number of phosphoric acid groups is 1. The van der Waals surface area contributed by atoms with Crippen molar-refractivity contribution < 1.29 is 85.3 Å². The minimum atomic E-state index is -4.00. The SMILES string of the molecule is COc1ccc(C(=O)NCCCNC(=O)CCOCC(COCCC(=O)NCCCNC(=O)c2ccc(OC)cc2)(COCCC(=O)NCCCNC(=O)c2ccc(OC)cc2)NC(=O)CCCCCC(=O)NCCCCCCOP(=O)(O)OC)cc1. The molecule has 1 atom stereocenters. The van der Waals surface area contributed by atoms with Crippen LogP contribution in [-0.2, 0) is 51.8 Å². The van der Waals surface area contributed by atoms with Crippen LogP contribution in [0.15, 0.2) is 72.8 Å². The quantitative estimate of drug-likeness (QED) is 0.0281. The van der Waals surface area contributed by atoms with E-state index in [9.17, 15) is 47.8 Å². The van der Waals surface area contributed by atoms with Crippen molar-refractivity contribution in [2.75, 3.05) is 121 Å². The molecule has 0 fully saturated rings. The van der Waals surface area contributed by atoms with Crippen LogP contribution in [0.1, 0.15) is 127 Å². The molecule has 1 unspecified atom stereocenters. The summed E-state index contributed by atoms with van der Waals surface area (Å²) in [5, 5.41) is 22.8. The summed E-state index contributed by atoms with van der Waals surface area (Å²) in [6.45, 7) is 1.57. The fourth-order valence-corrected chi connectivity index (χ4v) is 8.58. The van der Waals surface area contributed by atoms with Crippen LogP contribution in [0.3, 0.4) is 0 Å². The molecule has 0 radical (unpaired) electrons. The van der Waals surface area contributed by atoms with Gasteiger partial charge in [-0.2, -0.15) is 0 Å².